The molecule has 0 heterocycles. The van der Waals surface area contributed by atoms with Crippen LogP contribution in [0.4, 0.5) is 0 Å². The van der Waals surface area contributed by atoms with Crippen molar-refractivity contribution in [1.82, 2.24) is 0 Å². The third-order valence-corrected chi connectivity index (χ3v) is 10.6. The average Bonchev–Trinajstić information content (AvgIpc) is 3.49. The van der Waals surface area contributed by atoms with E-state index >= 15 is 0 Å². The molecule has 0 fully saturated rings. The number of hydrogen-bond donors (Lipinski definition) is 0. The van der Waals surface area contributed by atoms with Crippen LogP contribution in [-0.2, 0) is 0 Å². The predicted molar refractivity (Wildman–Crippen MR) is 204 cm³/mol. The van der Waals surface area contributed by atoms with Crippen molar-refractivity contribution in [3.8, 4) is 33.4 Å². The first-order chi connectivity index (χ1) is 23.8. The maximum absolute atomic E-state index is 2.49. The smallest absolute Gasteiger partial charge is 0.0137 e. The summed E-state index contributed by atoms with van der Waals surface area (Å²) in [5.41, 5.74) is 13.0. The summed E-state index contributed by atoms with van der Waals surface area (Å²) in [5, 5.41) is 7.85. The number of allylic oxidation sites excluding steroid dienone is 4. The van der Waals surface area contributed by atoms with Gasteiger partial charge in [0.1, 0.15) is 0 Å². The fourth-order valence-corrected chi connectivity index (χ4v) is 8.17. The second kappa shape index (κ2) is 10.8. The van der Waals surface area contributed by atoms with Crippen LogP contribution in [-0.4, -0.2) is 0 Å². The van der Waals surface area contributed by atoms with E-state index in [-0.39, 0.29) is 0 Å². The zero-order valence-electron chi connectivity index (χ0n) is 26.5. The van der Waals surface area contributed by atoms with Gasteiger partial charge >= 0.3 is 0 Å². The first-order valence-corrected chi connectivity index (χ1v) is 16.9. The van der Waals surface area contributed by atoms with E-state index < -0.39 is 0 Å². The van der Waals surface area contributed by atoms with Gasteiger partial charge in [0.15, 0.2) is 0 Å². The third-order valence-electron chi connectivity index (χ3n) is 10.6. The van der Waals surface area contributed by atoms with Crippen LogP contribution in [0.2, 0.25) is 0 Å². The van der Waals surface area contributed by atoms with Crippen LogP contribution in [0.5, 0.6) is 0 Å². The predicted octanol–water partition coefficient (Wildman–Crippen LogP) is 13.0. The summed E-state index contributed by atoms with van der Waals surface area (Å²) in [6.45, 7) is 0. The van der Waals surface area contributed by atoms with Crippen molar-refractivity contribution in [2.75, 3.05) is 0 Å². The van der Waals surface area contributed by atoms with Gasteiger partial charge in [0, 0.05) is 11.8 Å². The van der Waals surface area contributed by atoms with E-state index in [0.717, 1.165) is 0 Å². The number of fused-ring (bicyclic) bond motifs is 5. The molecule has 0 amide bonds. The van der Waals surface area contributed by atoms with Gasteiger partial charge in [0.2, 0.25) is 0 Å². The molecule has 8 aromatic rings. The van der Waals surface area contributed by atoms with Gasteiger partial charge in [-0.05, 0) is 106 Å². The topological polar surface area (TPSA) is 0 Å². The van der Waals surface area contributed by atoms with Crippen LogP contribution < -0.4 is 0 Å². The van der Waals surface area contributed by atoms with E-state index in [2.05, 4.69) is 182 Å². The highest BCUT2D eigenvalue weighted by atomic mass is 14.4. The molecular weight excluding hydrogens is 577 g/mol. The Morgan fingerprint density at radius 1 is 0.354 bits per heavy atom. The van der Waals surface area contributed by atoms with Crippen molar-refractivity contribution in [1.29, 1.82) is 0 Å². The van der Waals surface area contributed by atoms with Crippen LogP contribution >= 0.6 is 0 Å². The van der Waals surface area contributed by atoms with Gasteiger partial charge in [-0.3, -0.25) is 0 Å². The molecule has 10 rings (SSSR count). The van der Waals surface area contributed by atoms with Crippen LogP contribution in [0.15, 0.2) is 182 Å². The maximum atomic E-state index is 2.49. The molecule has 2 aliphatic rings. The van der Waals surface area contributed by atoms with E-state index in [0.29, 0.717) is 11.8 Å². The van der Waals surface area contributed by atoms with Gasteiger partial charge < -0.3 is 0 Å². The molecule has 0 aliphatic heterocycles. The van der Waals surface area contributed by atoms with Gasteiger partial charge in [0.05, 0.1) is 0 Å². The molecule has 2 unspecified atom stereocenters. The zero-order valence-corrected chi connectivity index (χ0v) is 26.5. The van der Waals surface area contributed by atoms with Gasteiger partial charge in [-0.1, -0.05) is 164 Å². The first kappa shape index (κ1) is 27.2. The second-order valence-electron chi connectivity index (χ2n) is 13.3. The van der Waals surface area contributed by atoms with E-state index in [1.807, 2.05) is 0 Å². The standard InChI is InChI=1S/C48H32/c1-2-7-31(8-3-1)39-23-24-43-46-26-25-42(44-11-6-12-45(48(44)46)47(43)30-39)40-22-19-35-18-21-38(28-41(35)29-40)34-15-13-33(14-16-34)37-20-17-32-9-4-5-10-36(32)27-37/h1-30,43,47H. The van der Waals surface area contributed by atoms with Crippen molar-refractivity contribution in [3.63, 3.8) is 0 Å². The molecule has 48 heavy (non-hydrogen) atoms. The summed E-state index contributed by atoms with van der Waals surface area (Å²) in [6.07, 6.45) is 7.23. The second-order valence-corrected chi connectivity index (χ2v) is 13.3. The van der Waals surface area contributed by atoms with E-state index in [1.54, 1.807) is 0 Å². The van der Waals surface area contributed by atoms with Crippen LogP contribution in [0, 0.1) is 0 Å². The van der Waals surface area contributed by atoms with Crippen molar-refractivity contribution in [2.24, 2.45) is 0 Å². The largest absolute Gasteiger partial charge is 0.0755 e. The quantitative estimate of drug-likeness (QED) is 0.186. The molecule has 0 bridgehead atoms. The molecule has 0 saturated heterocycles. The van der Waals surface area contributed by atoms with Crippen molar-refractivity contribution >= 4 is 37.9 Å². The lowest BCUT2D eigenvalue weighted by molar-refractivity contribution is 0.771. The Morgan fingerprint density at radius 3 is 1.73 bits per heavy atom. The molecule has 0 spiro atoms. The third kappa shape index (κ3) is 4.37. The Hall–Kier alpha value is -5.98. The molecule has 0 aromatic heterocycles. The lowest BCUT2D eigenvalue weighted by atomic mass is 9.82. The summed E-state index contributed by atoms with van der Waals surface area (Å²) in [5.74, 6) is 0.754. The van der Waals surface area contributed by atoms with Gasteiger partial charge in [-0.25, -0.2) is 0 Å². The molecule has 0 nitrogen and oxygen atoms in total. The maximum Gasteiger partial charge on any atom is 0.0137 e. The summed E-state index contributed by atoms with van der Waals surface area (Å²) < 4.78 is 0. The molecule has 2 aliphatic carbocycles. The Labute approximate surface area is 281 Å². The fraction of sp³-hybridized carbons (Fsp3) is 0.0417. The zero-order chi connectivity index (χ0) is 31.6. The molecule has 0 radical (unpaired) electrons. The van der Waals surface area contributed by atoms with Gasteiger partial charge in [-0.15, -0.1) is 0 Å². The van der Waals surface area contributed by atoms with Crippen molar-refractivity contribution in [3.05, 3.63) is 199 Å². The fourth-order valence-electron chi connectivity index (χ4n) is 8.17. The van der Waals surface area contributed by atoms with E-state index in [4.69, 9.17) is 0 Å². The lowest BCUT2D eigenvalue weighted by Crippen LogP contribution is -2.04. The Morgan fingerprint density at radius 2 is 0.958 bits per heavy atom. The molecule has 8 aromatic carbocycles. The van der Waals surface area contributed by atoms with Gasteiger partial charge in [-0.2, -0.15) is 0 Å². The Bertz CT molecular complexity index is 2600. The number of rotatable bonds is 4. The molecular formula is C48H32. The highest BCUT2D eigenvalue weighted by Gasteiger charge is 2.34. The molecule has 0 N–H and O–H groups in total. The summed E-state index contributed by atoms with van der Waals surface area (Å²) >= 11 is 0. The summed E-state index contributed by atoms with van der Waals surface area (Å²) in [4.78, 5) is 0. The molecule has 2 atom stereocenters. The van der Waals surface area contributed by atoms with Crippen molar-refractivity contribution in [2.45, 2.75) is 11.8 Å². The lowest BCUT2D eigenvalue weighted by Gasteiger charge is -2.21. The Balaban J connectivity index is 1.00. The molecule has 0 saturated carbocycles. The minimum atomic E-state index is 0.367. The number of hydrogen-bond acceptors (Lipinski definition) is 0. The Kier molecular flexibility index (Phi) is 6.11. The summed E-state index contributed by atoms with van der Waals surface area (Å²) in [7, 11) is 0. The van der Waals surface area contributed by atoms with E-state index in [1.165, 1.54) is 88.0 Å². The van der Waals surface area contributed by atoms with Gasteiger partial charge in [0.25, 0.3) is 0 Å². The average molecular weight is 609 g/mol. The van der Waals surface area contributed by atoms with Crippen LogP contribution in [0.1, 0.15) is 28.5 Å². The van der Waals surface area contributed by atoms with Crippen LogP contribution in [0.25, 0.3) is 71.3 Å². The highest BCUT2D eigenvalue weighted by Crippen LogP contribution is 2.52. The molecule has 0 heteroatoms. The first-order valence-electron chi connectivity index (χ1n) is 16.9. The van der Waals surface area contributed by atoms with Crippen molar-refractivity contribution < 1.29 is 0 Å². The number of benzene rings is 8. The summed E-state index contributed by atoms with van der Waals surface area (Å²) in [6, 6.07) is 60.5. The molecule has 224 valence electrons. The van der Waals surface area contributed by atoms with E-state index in [9.17, 15) is 0 Å². The highest BCUT2D eigenvalue weighted by molar-refractivity contribution is 6.04. The monoisotopic (exact) mass is 608 g/mol. The normalized spacial score (nSPS) is 16.4. The minimum Gasteiger partial charge on any atom is -0.0755 e. The minimum absolute atomic E-state index is 0.367. The SMILES string of the molecule is C1=CC2c3ccc(-c4ccc5ccc(-c6ccc(-c7ccc8ccccc8c7)cc6)cc5c4)c4cccc(c34)C2C=C1c1ccccc1. The van der Waals surface area contributed by atoms with Crippen LogP contribution in [0.3, 0.4) is 0 Å².